The lowest BCUT2D eigenvalue weighted by Crippen LogP contribution is -2.05. The Morgan fingerprint density at radius 2 is 2.09 bits per heavy atom. The Labute approximate surface area is 136 Å². The summed E-state index contributed by atoms with van der Waals surface area (Å²) in [4.78, 5) is 16.1. The number of cyclic esters (lactones) is 1. The molecule has 0 fully saturated rings. The fourth-order valence-corrected chi connectivity index (χ4v) is 2.30. The second-order valence-corrected chi connectivity index (χ2v) is 5.17. The molecule has 2 aromatic rings. The minimum atomic E-state index is -0.619. The van der Waals surface area contributed by atoms with Gasteiger partial charge in [-0.2, -0.15) is 0 Å². The molecule has 116 valence electrons. The second-order valence-electron chi connectivity index (χ2n) is 4.73. The first kappa shape index (κ1) is 15.2. The van der Waals surface area contributed by atoms with E-state index in [-0.39, 0.29) is 11.6 Å². The predicted molar refractivity (Wildman–Crippen MR) is 85.0 cm³/mol. The third-order valence-electron chi connectivity index (χ3n) is 3.18. The van der Waals surface area contributed by atoms with E-state index in [1.807, 2.05) is 0 Å². The first-order valence-corrected chi connectivity index (χ1v) is 7.06. The van der Waals surface area contributed by atoms with Crippen LogP contribution in [0.5, 0.6) is 5.75 Å². The van der Waals surface area contributed by atoms with Gasteiger partial charge in [0.15, 0.2) is 5.70 Å². The largest absolute Gasteiger partial charge is 0.496 e. The third kappa shape index (κ3) is 3.24. The van der Waals surface area contributed by atoms with E-state index in [1.165, 1.54) is 31.4 Å². The molecule has 2 aromatic carbocycles. The van der Waals surface area contributed by atoms with Crippen LogP contribution in [0.1, 0.15) is 11.1 Å². The molecular formula is C17H11ClFNO3. The van der Waals surface area contributed by atoms with Gasteiger partial charge in [0, 0.05) is 16.1 Å². The van der Waals surface area contributed by atoms with Crippen LogP contribution in [0.2, 0.25) is 5.02 Å². The van der Waals surface area contributed by atoms with Crippen LogP contribution >= 0.6 is 11.6 Å². The summed E-state index contributed by atoms with van der Waals surface area (Å²) >= 11 is 5.96. The van der Waals surface area contributed by atoms with E-state index >= 15 is 0 Å². The fraction of sp³-hybridized carbons (Fsp3) is 0.0588. The van der Waals surface area contributed by atoms with Crippen LogP contribution in [-0.2, 0) is 9.53 Å². The zero-order valence-electron chi connectivity index (χ0n) is 12.0. The first-order valence-electron chi connectivity index (χ1n) is 6.69. The fourth-order valence-electron chi connectivity index (χ4n) is 2.12. The van der Waals surface area contributed by atoms with Gasteiger partial charge in [0.25, 0.3) is 0 Å². The number of nitrogens with zero attached hydrogens (tertiary/aromatic N) is 1. The predicted octanol–water partition coefficient (Wildman–Crippen LogP) is 3.83. The SMILES string of the molecule is COc1ccc(Cl)cc1/C=C1/N=C(c2cccc(F)c2)OC1=O. The van der Waals surface area contributed by atoms with Crippen LogP contribution in [-0.4, -0.2) is 19.0 Å². The van der Waals surface area contributed by atoms with Gasteiger partial charge < -0.3 is 9.47 Å². The van der Waals surface area contributed by atoms with Gasteiger partial charge in [0.05, 0.1) is 7.11 Å². The summed E-state index contributed by atoms with van der Waals surface area (Å²) in [6.45, 7) is 0. The third-order valence-corrected chi connectivity index (χ3v) is 3.41. The number of hydrogen-bond acceptors (Lipinski definition) is 4. The monoisotopic (exact) mass is 331 g/mol. The number of methoxy groups -OCH3 is 1. The Balaban J connectivity index is 2.00. The summed E-state index contributed by atoms with van der Waals surface area (Å²) in [5, 5.41) is 0.498. The highest BCUT2D eigenvalue weighted by molar-refractivity contribution is 6.30. The maximum Gasteiger partial charge on any atom is 0.363 e. The molecule has 1 heterocycles. The smallest absolute Gasteiger partial charge is 0.363 e. The summed E-state index contributed by atoms with van der Waals surface area (Å²) in [5.74, 6) is -0.452. The maximum atomic E-state index is 13.3. The highest BCUT2D eigenvalue weighted by Gasteiger charge is 2.24. The number of rotatable bonds is 3. The van der Waals surface area contributed by atoms with Crippen LogP contribution in [0.25, 0.3) is 6.08 Å². The van der Waals surface area contributed by atoms with Gasteiger partial charge >= 0.3 is 5.97 Å². The zero-order valence-corrected chi connectivity index (χ0v) is 12.8. The van der Waals surface area contributed by atoms with Crippen molar-refractivity contribution in [2.75, 3.05) is 7.11 Å². The van der Waals surface area contributed by atoms with Crippen molar-refractivity contribution in [3.8, 4) is 5.75 Å². The van der Waals surface area contributed by atoms with Crippen molar-refractivity contribution in [3.05, 3.63) is 70.1 Å². The van der Waals surface area contributed by atoms with Crippen LogP contribution < -0.4 is 4.74 Å². The lowest BCUT2D eigenvalue weighted by molar-refractivity contribution is -0.129. The van der Waals surface area contributed by atoms with Gasteiger partial charge in [0.1, 0.15) is 11.6 Å². The number of aliphatic imine (C=N–C) groups is 1. The Hall–Kier alpha value is -2.66. The van der Waals surface area contributed by atoms with Crippen molar-refractivity contribution in [2.24, 2.45) is 4.99 Å². The van der Waals surface area contributed by atoms with Gasteiger partial charge in [0.2, 0.25) is 5.90 Å². The molecule has 0 saturated carbocycles. The van der Waals surface area contributed by atoms with E-state index in [0.717, 1.165) is 0 Å². The van der Waals surface area contributed by atoms with Gasteiger partial charge in [-0.25, -0.2) is 14.2 Å². The first-order chi connectivity index (χ1) is 11.1. The summed E-state index contributed by atoms with van der Waals surface area (Å²) in [5.41, 5.74) is 1.07. The molecule has 0 spiro atoms. The number of esters is 1. The quantitative estimate of drug-likeness (QED) is 0.634. The molecular weight excluding hydrogens is 321 g/mol. The maximum absolute atomic E-state index is 13.3. The lowest BCUT2D eigenvalue weighted by Gasteiger charge is -2.04. The topological polar surface area (TPSA) is 47.9 Å². The standard InChI is InChI=1S/C17H11ClFNO3/c1-22-15-6-5-12(18)7-11(15)9-14-17(21)23-16(20-14)10-3-2-4-13(19)8-10/h2-9H,1H3/b14-9+. The van der Waals surface area contributed by atoms with E-state index in [1.54, 1.807) is 24.3 Å². The molecule has 3 rings (SSSR count). The van der Waals surface area contributed by atoms with E-state index < -0.39 is 11.8 Å². The molecule has 1 aliphatic rings. The second kappa shape index (κ2) is 6.22. The van der Waals surface area contributed by atoms with E-state index in [9.17, 15) is 9.18 Å². The number of benzene rings is 2. The zero-order chi connectivity index (χ0) is 16.4. The number of hydrogen-bond donors (Lipinski definition) is 0. The van der Waals surface area contributed by atoms with Crippen molar-refractivity contribution in [1.29, 1.82) is 0 Å². The molecule has 0 aliphatic carbocycles. The molecule has 0 saturated heterocycles. The molecule has 0 radical (unpaired) electrons. The van der Waals surface area contributed by atoms with Crippen molar-refractivity contribution in [2.45, 2.75) is 0 Å². The molecule has 0 amide bonds. The Kier molecular flexibility index (Phi) is 4.12. The molecule has 23 heavy (non-hydrogen) atoms. The minimum Gasteiger partial charge on any atom is -0.496 e. The molecule has 0 bridgehead atoms. The lowest BCUT2D eigenvalue weighted by atomic mass is 10.1. The van der Waals surface area contributed by atoms with Gasteiger partial charge in [-0.3, -0.25) is 0 Å². The number of ether oxygens (including phenoxy) is 2. The van der Waals surface area contributed by atoms with Crippen LogP contribution in [0.4, 0.5) is 4.39 Å². The summed E-state index contributed by atoms with van der Waals surface area (Å²) in [7, 11) is 1.51. The normalized spacial score (nSPS) is 15.5. The average molecular weight is 332 g/mol. The Morgan fingerprint density at radius 3 is 2.83 bits per heavy atom. The Morgan fingerprint density at radius 1 is 1.26 bits per heavy atom. The average Bonchev–Trinajstić information content (AvgIpc) is 2.89. The van der Waals surface area contributed by atoms with Crippen LogP contribution in [0.15, 0.2) is 53.2 Å². The van der Waals surface area contributed by atoms with E-state index in [4.69, 9.17) is 21.1 Å². The highest BCUT2D eigenvalue weighted by Crippen LogP contribution is 2.27. The van der Waals surface area contributed by atoms with E-state index in [0.29, 0.717) is 21.9 Å². The van der Waals surface area contributed by atoms with Gasteiger partial charge in [-0.15, -0.1) is 0 Å². The molecule has 1 aliphatic heterocycles. The van der Waals surface area contributed by atoms with E-state index in [2.05, 4.69) is 4.99 Å². The summed E-state index contributed by atoms with van der Waals surface area (Å²) in [6, 6.07) is 10.7. The van der Waals surface area contributed by atoms with Crippen molar-refractivity contribution in [1.82, 2.24) is 0 Å². The summed E-state index contributed by atoms with van der Waals surface area (Å²) < 4.78 is 23.6. The van der Waals surface area contributed by atoms with Gasteiger partial charge in [-0.1, -0.05) is 17.7 Å². The minimum absolute atomic E-state index is 0.0572. The molecule has 0 N–H and O–H groups in total. The number of halogens is 2. The summed E-state index contributed by atoms with van der Waals surface area (Å²) in [6.07, 6.45) is 1.51. The molecule has 0 aromatic heterocycles. The Bertz CT molecular complexity index is 845. The van der Waals surface area contributed by atoms with Crippen molar-refractivity contribution in [3.63, 3.8) is 0 Å². The molecule has 0 unspecified atom stereocenters. The van der Waals surface area contributed by atoms with Crippen molar-refractivity contribution < 1.29 is 18.7 Å². The molecule has 6 heteroatoms. The van der Waals surface area contributed by atoms with Crippen molar-refractivity contribution >= 4 is 29.5 Å². The van der Waals surface area contributed by atoms with Crippen LogP contribution in [0, 0.1) is 5.82 Å². The molecule has 4 nitrogen and oxygen atoms in total. The van der Waals surface area contributed by atoms with Gasteiger partial charge in [-0.05, 0) is 42.5 Å². The number of carbonyl (C=O) groups is 1. The molecule has 0 atom stereocenters. The van der Waals surface area contributed by atoms with Crippen LogP contribution in [0.3, 0.4) is 0 Å². The highest BCUT2D eigenvalue weighted by atomic mass is 35.5. The number of carbonyl (C=O) groups excluding carboxylic acids is 1.